The first-order valence-corrected chi connectivity index (χ1v) is 3.60. The molecule has 2 aromatic heterocycles. The van der Waals surface area contributed by atoms with E-state index in [-0.39, 0.29) is 0 Å². The fraction of sp³-hybridized carbons (Fsp3) is 0. The highest BCUT2D eigenvalue weighted by molar-refractivity contribution is 7.03. The maximum absolute atomic E-state index is 5.03. The van der Waals surface area contributed by atoms with Crippen molar-refractivity contribution in [2.75, 3.05) is 0 Å². The van der Waals surface area contributed by atoms with Crippen molar-refractivity contribution >= 4 is 11.5 Å². The third-order valence-electron chi connectivity index (χ3n) is 1.11. The smallest absolute Gasteiger partial charge is 0.228 e. The van der Waals surface area contributed by atoms with Crippen LogP contribution in [0.15, 0.2) is 28.5 Å². The lowest BCUT2D eigenvalue weighted by atomic mass is 10.4. The molecule has 0 saturated carbocycles. The summed E-state index contributed by atoms with van der Waals surface area (Å²) >= 11 is 1.39. The minimum absolute atomic E-state index is 0.633. The Kier molecular flexibility index (Phi) is 1.25. The van der Waals surface area contributed by atoms with Crippen molar-refractivity contribution in [1.82, 2.24) is 9.36 Å². The second-order valence-electron chi connectivity index (χ2n) is 1.75. The normalized spacial score (nSPS) is 10.0. The fourth-order valence-corrected chi connectivity index (χ4v) is 1.19. The molecule has 4 heteroatoms. The predicted octanol–water partition coefficient (Wildman–Crippen LogP) is 1.80. The number of aromatic nitrogens is 2. The van der Waals surface area contributed by atoms with E-state index in [9.17, 15) is 0 Å². The Balaban J connectivity index is 2.48. The Bertz CT molecular complexity index is 255. The summed E-state index contributed by atoms with van der Waals surface area (Å²) in [5, 5.41) is 1.89. The minimum Gasteiger partial charge on any atom is -0.444 e. The second-order valence-corrected chi connectivity index (χ2v) is 2.41. The molecule has 10 heavy (non-hydrogen) atoms. The van der Waals surface area contributed by atoms with E-state index in [4.69, 9.17) is 4.42 Å². The highest BCUT2D eigenvalue weighted by Gasteiger charge is 2.00. The van der Waals surface area contributed by atoms with Crippen LogP contribution in [0.1, 0.15) is 0 Å². The molecule has 2 aromatic rings. The van der Waals surface area contributed by atoms with Crippen LogP contribution in [0.5, 0.6) is 0 Å². The van der Waals surface area contributed by atoms with Crippen molar-refractivity contribution < 1.29 is 4.42 Å². The van der Waals surface area contributed by atoms with E-state index in [1.54, 1.807) is 18.7 Å². The Labute approximate surface area is 61.5 Å². The van der Waals surface area contributed by atoms with Gasteiger partial charge < -0.3 is 4.42 Å². The van der Waals surface area contributed by atoms with Crippen LogP contribution in [0.2, 0.25) is 0 Å². The van der Waals surface area contributed by atoms with Crippen LogP contribution in [0.3, 0.4) is 0 Å². The molecule has 0 spiro atoms. The largest absolute Gasteiger partial charge is 0.444 e. The van der Waals surface area contributed by atoms with Gasteiger partial charge in [0.2, 0.25) is 5.89 Å². The van der Waals surface area contributed by atoms with Gasteiger partial charge in [-0.2, -0.15) is 0 Å². The average molecular weight is 152 g/mol. The SMILES string of the molecule is c1coc(-c2cnsc2)n1. The molecule has 2 heterocycles. The third-order valence-corrected chi connectivity index (χ3v) is 1.70. The lowest BCUT2D eigenvalue weighted by molar-refractivity contribution is 0.574. The second kappa shape index (κ2) is 2.22. The van der Waals surface area contributed by atoms with E-state index >= 15 is 0 Å². The van der Waals surface area contributed by atoms with E-state index in [1.165, 1.54) is 11.5 Å². The number of hydrogen-bond acceptors (Lipinski definition) is 4. The maximum atomic E-state index is 5.03. The summed E-state index contributed by atoms with van der Waals surface area (Å²) in [6, 6.07) is 0. The molecule has 0 radical (unpaired) electrons. The van der Waals surface area contributed by atoms with Gasteiger partial charge in [-0.05, 0) is 11.5 Å². The minimum atomic E-state index is 0.633. The first kappa shape index (κ1) is 5.61. The number of oxazole rings is 1. The van der Waals surface area contributed by atoms with Crippen LogP contribution in [0.25, 0.3) is 11.5 Å². The zero-order valence-electron chi connectivity index (χ0n) is 5.02. The zero-order valence-corrected chi connectivity index (χ0v) is 5.84. The summed E-state index contributed by atoms with van der Waals surface area (Å²) in [5.74, 6) is 0.633. The molecular weight excluding hydrogens is 148 g/mol. The van der Waals surface area contributed by atoms with Gasteiger partial charge in [0.05, 0.1) is 18.0 Å². The van der Waals surface area contributed by atoms with Crippen LogP contribution in [-0.4, -0.2) is 9.36 Å². The lowest BCUT2D eigenvalue weighted by Crippen LogP contribution is -1.68. The molecule has 0 saturated heterocycles. The van der Waals surface area contributed by atoms with Crippen LogP contribution in [-0.2, 0) is 0 Å². The lowest BCUT2D eigenvalue weighted by Gasteiger charge is -1.82. The molecule has 0 aromatic carbocycles. The summed E-state index contributed by atoms with van der Waals surface area (Å²) in [7, 11) is 0. The molecule has 0 aliphatic rings. The predicted molar refractivity (Wildman–Crippen MR) is 37.6 cm³/mol. The molecule has 0 aliphatic carbocycles. The quantitative estimate of drug-likeness (QED) is 0.625. The van der Waals surface area contributed by atoms with Crippen LogP contribution < -0.4 is 0 Å². The van der Waals surface area contributed by atoms with Gasteiger partial charge >= 0.3 is 0 Å². The van der Waals surface area contributed by atoms with E-state index < -0.39 is 0 Å². The molecule has 0 unspecified atom stereocenters. The van der Waals surface area contributed by atoms with Crippen molar-refractivity contribution in [3.63, 3.8) is 0 Å². The van der Waals surface area contributed by atoms with Gasteiger partial charge in [-0.25, -0.2) is 9.36 Å². The number of hydrogen-bond donors (Lipinski definition) is 0. The molecule has 0 fully saturated rings. The van der Waals surface area contributed by atoms with Crippen LogP contribution >= 0.6 is 11.5 Å². The van der Waals surface area contributed by atoms with Crippen LogP contribution in [0.4, 0.5) is 0 Å². The number of nitrogens with zero attached hydrogens (tertiary/aromatic N) is 2. The van der Waals surface area contributed by atoms with Gasteiger partial charge in [-0.3, -0.25) is 0 Å². The Morgan fingerprint density at radius 3 is 3.10 bits per heavy atom. The van der Waals surface area contributed by atoms with Gasteiger partial charge in [-0.1, -0.05) is 0 Å². The highest BCUT2D eigenvalue weighted by atomic mass is 32.1. The standard InChI is InChI=1S/C6H4N2OS/c1-2-9-6(7-1)5-3-8-10-4-5/h1-4H. The topological polar surface area (TPSA) is 38.9 Å². The van der Waals surface area contributed by atoms with Crippen molar-refractivity contribution in [3.8, 4) is 11.5 Å². The third kappa shape index (κ3) is 0.823. The van der Waals surface area contributed by atoms with E-state index in [2.05, 4.69) is 9.36 Å². The van der Waals surface area contributed by atoms with Gasteiger partial charge in [-0.15, -0.1) is 0 Å². The fourth-order valence-electron chi connectivity index (χ4n) is 0.676. The summed E-state index contributed by atoms with van der Waals surface area (Å²) in [6.45, 7) is 0. The van der Waals surface area contributed by atoms with Crippen molar-refractivity contribution in [2.24, 2.45) is 0 Å². The molecule has 0 atom stereocenters. The van der Waals surface area contributed by atoms with Crippen molar-refractivity contribution in [2.45, 2.75) is 0 Å². The first-order chi connectivity index (χ1) is 4.97. The van der Waals surface area contributed by atoms with Crippen molar-refractivity contribution in [1.29, 1.82) is 0 Å². The molecule has 0 bridgehead atoms. The van der Waals surface area contributed by atoms with Gasteiger partial charge in [0.25, 0.3) is 0 Å². The summed E-state index contributed by atoms with van der Waals surface area (Å²) in [6.07, 6.45) is 4.90. The van der Waals surface area contributed by atoms with Gasteiger partial charge in [0, 0.05) is 5.38 Å². The number of rotatable bonds is 1. The molecule has 2 rings (SSSR count). The molecule has 0 amide bonds. The van der Waals surface area contributed by atoms with E-state index in [0.29, 0.717) is 5.89 Å². The van der Waals surface area contributed by atoms with Gasteiger partial charge in [0.1, 0.15) is 6.26 Å². The Hall–Kier alpha value is -1.16. The van der Waals surface area contributed by atoms with E-state index in [1.807, 2.05) is 5.38 Å². The molecule has 0 N–H and O–H groups in total. The molecule has 50 valence electrons. The zero-order chi connectivity index (χ0) is 6.81. The van der Waals surface area contributed by atoms with Crippen LogP contribution in [0, 0.1) is 0 Å². The first-order valence-electron chi connectivity index (χ1n) is 2.76. The molecule has 3 nitrogen and oxygen atoms in total. The highest BCUT2D eigenvalue weighted by Crippen LogP contribution is 2.16. The molecular formula is C6H4N2OS. The summed E-state index contributed by atoms with van der Waals surface area (Å²) in [5.41, 5.74) is 0.940. The molecule has 0 aliphatic heterocycles. The van der Waals surface area contributed by atoms with Crippen molar-refractivity contribution in [3.05, 3.63) is 24.0 Å². The van der Waals surface area contributed by atoms with Gasteiger partial charge in [0.15, 0.2) is 0 Å². The Morgan fingerprint density at radius 1 is 1.50 bits per heavy atom. The maximum Gasteiger partial charge on any atom is 0.228 e. The summed E-state index contributed by atoms with van der Waals surface area (Å²) in [4.78, 5) is 3.96. The Morgan fingerprint density at radius 2 is 2.50 bits per heavy atom. The summed E-state index contributed by atoms with van der Waals surface area (Å²) < 4.78 is 8.95. The average Bonchev–Trinajstić information content (AvgIpc) is 2.59. The monoisotopic (exact) mass is 152 g/mol. The van der Waals surface area contributed by atoms with E-state index in [0.717, 1.165) is 5.56 Å².